The van der Waals surface area contributed by atoms with Crippen LogP contribution in [0, 0.1) is 6.07 Å². The van der Waals surface area contributed by atoms with Gasteiger partial charge in [0, 0.05) is 22.1 Å². The second kappa shape index (κ2) is 8.49. The highest BCUT2D eigenvalue weighted by Crippen LogP contribution is 2.25. The highest BCUT2D eigenvalue weighted by Gasteiger charge is 2.13. The normalized spacial score (nSPS) is 10.3. The minimum atomic E-state index is -0.0182. The van der Waals surface area contributed by atoms with E-state index in [2.05, 4.69) is 27.3 Å². The summed E-state index contributed by atoms with van der Waals surface area (Å²) in [6, 6.07) is 25.5. The summed E-state index contributed by atoms with van der Waals surface area (Å²) in [5, 5.41) is 4.03. The van der Waals surface area contributed by atoms with Gasteiger partial charge in [-0.25, -0.2) is 0 Å². The number of hydrogen-bond donors (Lipinski definition) is 1. The first-order valence-electron chi connectivity index (χ1n) is 7.95. The van der Waals surface area contributed by atoms with Crippen molar-refractivity contribution in [1.29, 1.82) is 0 Å². The molecule has 0 amide bonds. The molecule has 0 aliphatic rings. The highest BCUT2D eigenvalue weighted by atomic mass is 79.9. The Morgan fingerprint density at radius 1 is 0.960 bits per heavy atom. The highest BCUT2D eigenvalue weighted by molar-refractivity contribution is 9.09. The zero-order chi connectivity index (χ0) is 17.5. The molecule has 0 saturated heterocycles. The van der Waals surface area contributed by atoms with Crippen LogP contribution in [-0.4, -0.2) is 17.7 Å². The fourth-order valence-corrected chi connectivity index (χ4v) is 2.60. The number of hydrogen-bond acceptors (Lipinski definition) is 3. The molecule has 0 unspecified atom stereocenters. The summed E-state index contributed by atoms with van der Waals surface area (Å²) in [6.07, 6.45) is 0. The Kier molecular flexibility index (Phi) is 5.86. The Morgan fingerprint density at radius 2 is 1.72 bits per heavy atom. The molecule has 0 spiro atoms. The van der Waals surface area contributed by atoms with Crippen LogP contribution in [0.4, 0.5) is 11.4 Å². The standard InChI is InChI=1S/C21H17BrNO2/c22-13-14-25-18-10-6-9-17(15-18)23-20-12-5-4-11-19(20)21(24)16-7-2-1-3-8-16/h1-12,23H,13-14H2. The maximum Gasteiger partial charge on any atom is 0.195 e. The molecule has 0 fully saturated rings. The number of ketones is 1. The van der Waals surface area contributed by atoms with Crippen LogP contribution < -0.4 is 10.1 Å². The molecule has 4 heteroatoms. The molecule has 1 radical (unpaired) electrons. The Morgan fingerprint density at radius 3 is 2.52 bits per heavy atom. The van der Waals surface area contributed by atoms with Crippen LogP contribution in [0.5, 0.6) is 5.75 Å². The summed E-state index contributed by atoms with van der Waals surface area (Å²) in [5.74, 6) is 0.645. The molecule has 0 bridgehead atoms. The number of alkyl halides is 1. The summed E-state index contributed by atoms with van der Waals surface area (Å²) in [4.78, 5) is 12.8. The third kappa shape index (κ3) is 4.48. The van der Waals surface area contributed by atoms with Gasteiger partial charge >= 0.3 is 0 Å². The number of rotatable bonds is 7. The lowest BCUT2D eigenvalue weighted by Gasteiger charge is -2.12. The Bertz CT molecular complexity index is 849. The van der Waals surface area contributed by atoms with Gasteiger partial charge in [0.2, 0.25) is 0 Å². The first-order valence-corrected chi connectivity index (χ1v) is 9.07. The number of anilines is 2. The molecule has 3 aromatic rings. The molecule has 0 saturated carbocycles. The lowest BCUT2D eigenvalue weighted by molar-refractivity contribution is 0.103. The fourth-order valence-electron chi connectivity index (χ4n) is 2.43. The summed E-state index contributed by atoms with van der Waals surface area (Å²) in [6.45, 7) is 0.572. The second-order valence-electron chi connectivity index (χ2n) is 5.33. The predicted molar refractivity (Wildman–Crippen MR) is 104 cm³/mol. The van der Waals surface area contributed by atoms with E-state index in [0.29, 0.717) is 23.5 Å². The van der Waals surface area contributed by atoms with E-state index in [9.17, 15) is 4.79 Å². The van der Waals surface area contributed by atoms with E-state index in [0.717, 1.165) is 16.7 Å². The summed E-state index contributed by atoms with van der Waals surface area (Å²) in [5.41, 5.74) is 2.77. The van der Waals surface area contributed by atoms with Crippen molar-refractivity contribution in [1.82, 2.24) is 0 Å². The maximum absolute atomic E-state index is 12.8. The molecular weight excluding hydrogens is 378 g/mol. The smallest absolute Gasteiger partial charge is 0.195 e. The molecule has 0 atom stereocenters. The van der Waals surface area contributed by atoms with E-state index >= 15 is 0 Å². The van der Waals surface area contributed by atoms with E-state index in [4.69, 9.17) is 4.74 Å². The Labute approximate surface area is 155 Å². The van der Waals surface area contributed by atoms with Gasteiger partial charge in [-0.3, -0.25) is 4.79 Å². The van der Waals surface area contributed by atoms with Crippen LogP contribution in [0.25, 0.3) is 0 Å². The number of nitrogens with one attached hydrogen (secondary N) is 1. The monoisotopic (exact) mass is 394 g/mol. The fraction of sp³-hybridized carbons (Fsp3) is 0.0952. The van der Waals surface area contributed by atoms with Crippen molar-refractivity contribution in [2.45, 2.75) is 0 Å². The molecule has 0 aliphatic carbocycles. The number of benzene rings is 3. The van der Waals surface area contributed by atoms with Crippen molar-refractivity contribution in [2.24, 2.45) is 0 Å². The lowest BCUT2D eigenvalue weighted by atomic mass is 10.0. The van der Waals surface area contributed by atoms with Gasteiger partial charge in [0.15, 0.2) is 5.78 Å². The number of halogens is 1. The van der Waals surface area contributed by atoms with Crippen LogP contribution in [0.3, 0.4) is 0 Å². The van der Waals surface area contributed by atoms with Crippen molar-refractivity contribution >= 4 is 33.1 Å². The van der Waals surface area contributed by atoms with Crippen LogP contribution >= 0.6 is 15.9 Å². The molecule has 0 aromatic heterocycles. The molecule has 1 N–H and O–H groups in total. The van der Waals surface area contributed by atoms with Crippen molar-refractivity contribution < 1.29 is 9.53 Å². The molecule has 0 heterocycles. The molecule has 0 aliphatic heterocycles. The number of para-hydroxylation sites is 1. The zero-order valence-corrected chi connectivity index (χ0v) is 15.1. The molecule has 3 aromatic carbocycles. The van der Waals surface area contributed by atoms with Crippen LogP contribution in [0.15, 0.2) is 72.8 Å². The van der Waals surface area contributed by atoms with E-state index in [1.807, 2.05) is 72.8 Å². The van der Waals surface area contributed by atoms with Crippen molar-refractivity contribution in [3.8, 4) is 5.75 Å². The van der Waals surface area contributed by atoms with Crippen molar-refractivity contribution in [2.75, 3.05) is 17.3 Å². The second-order valence-corrected chi connectivity index (χ2v) is 6.12. The quantitative estimate of drug-likeness (QED) is 0.440. The molecular formula is C21H17BrNO2. The van der Waals surface area contributed by atoms with Crippen molar-refractivity contribution in [3.63, 3.8) is 0 Å². The molecule has 25 heavy (non-hydrogen) atoms. The summed E-state index contributed by atoms with van der Waals surface area (Å²) < 4.78 is 5.57. The first kappa shape index (κ1) is 17.2. The van der Waals surface area contributed by atoms with Gasteiger partial charge in [0.25, 0.3) is 0 Å². The van der Waals surface area contributed by atoms with E-state index < -0.39 is 0 Å². The topological polar surface area (TPSA) is 38.3 Å². The minimum absolute atomic E-state index is 0.0182. The van der Waals surface area contributed by atoms with Crippen LogP contribution in [0.1, 0.15) is 15.9 Å². The van der Waals surface area contributed by atoms with Gasteiger partial charge in [-0.15, -0.1) is 0 Å². The van der Waals surface area contributed by atoms with Gasteiger partial charge in [-0.05, 0) is 24.3 Å². The van der Waals surface area contributed by atoms with E-state index in [1.165, 1.54) is 0 Å². The lowest BCUT2D eigenvalue weighted by Crippen LogP contribution is -2.05. The van der Waals surface area contributed by atoms with E-state index in [-0.39, 0.29) is 5.78 Å². The van der Waals surface area contributed by atoms with Crippen molar-refractivity contribution in [3.05, 3.63) is 90.0 Å². The number of carbonyl (C=O) groups is 1. The maximum atomic E-state index is 12.8. The van der Waals surface area contributed by atoms with Gasteiger partial charge in [-0.1, -0.05) is 64.5 Å². The number of carbonyl (C=O) groups excluding carboxylic acids is 1. The van der Waals surface area contributed by atoms with Gasteiger partial charge in [-0.2, -0.15) is 0 Å². The first-order chi connectivity index (χ1) is 12.3. The Balaban J connectivity index is 1.85. The summed E-state index contributed by atoms with van der Waals surface area (Å²) in [7, 11) is 0. The van der Waals surface area contributed by atoms with Crippen LogP contribution in [-0.2, 0) is 0 Å². The number of ether oxygens (including phenoxy) is 1. The minimum Gasteiger partial charge on any atom is -0.492 e. The van der Waals surface area contributed by atoms with E-state index in [1.54, 1.807) is 0 Å². The average Bonchev–Trinajstić information content (AvgIpc) is 2.67. The third-order valence-electron chi connectivity index (χ3n) is 3.58. The molecule has 125 valence electrons. The summed E-state index contributed by atoms with van der Waals surface area (Å²) >= 11 is 3.33. The Hall–Kier alpha value is -2.59. The SMILES string of the molecule is O=C(c1ccccc1)c1ccccc1Nc1[c]c(OCCBr)ccc1. The van der Waals surface area contributed by atoms with Gasteiger partial charge < -0.3 is 10.1 Å². The average molecular weight is 395 g/mol. The third-order valence-corrected chi connectivity index (χ3v) is 3.90. The zero-order valence-electron chi connectivity index (χ0n) is 13.5. The largest absolute Gasteiger partial charge is 0.492 e. The molecule has 3 nitrogen and oxygen atoms in total. The van der Waals surface area contributed by atoms with Gasteiger partial charge in [0.05, 0.1) is 18.4 Å². The molecule has 3 rings (SSSR count). The van der Waals surface area contributed by atoms with Crippen LogP contribution in [0.2, 0.25) is 0 Å². The van der Waals surface area contributed by atoms with Gasteiger partial charge in [0.1, 0.15) is 5.75 Å². The predicted octanol–water partition coefficient (Wildman–Crippen LogP) is 5.24.